The van der Waals surface area contributed by atoms with Gasteiger partial charge in [-0.3, -0.25) is 4.79 Å². The summed E-state index contributed by atoms with van der Waals surface area (Å²) >= 11 is 7.28. The van der Waals surface area contributed by atoms with E-state index in [-0.39, 0.29) is 5.91 Å². The zero-order valence-electron chi connectivity index (χ0n) is 17.1. The number of ether oxygens (including phenoxy) is 3. The van der Waals surface area contributed by atoms with Crippen LogP contribution in [0.25, 0.3) is 0 Å². The molecular formula is C22H23ClN2O4S. The van der Waals surface area contributed by atoms with E-state index in [9.17, 15) is 4.79 Å². The van der Waals surface area contributed by atoms with Crippen molar-refractivity contribution in [1.82, 2.24) is 9.88 Å². The smallest absolute Gasteiger partial charge is 0.273 e. The highest BCUT2D eigenvalue weighted by atomic mass is 35.5. The number of hydrogen-bond donors (Lipinski definition) is 0. The Kier molecular flexibility index (Phi) is 7.54. The van der Waals surface area contributed by atoms with E-state index in [0.717, 1.165) is 10.6 Å². The van der Waals surface area contributed by atoms with E-state index < -0.39 is 0 Å². The lowest BCUT2D eigenvalue weighted by Crippen LogP contribution is -2.30. The molecule has 0 aliphatic heterocycles. The molecule has 30 heavy (non-hydrogen) atoms. The first-order valence-corrected chi connectivity index (χ1v) is 10.6. The average Bonchev–Trinajstić information content (AvgIpc) is 3.25. The standard InChI is InChI=1S/C22H23ClN2O4S/c1-4-25(12-15-5-10-19(27-2)20(11-15)28-3)22(26)18-14-30-21(24-18)13-29-17-8-6-16(23)7-9-17/h5-11,14H,4,12-13H2,1-3H3. The Morgan fingerprint density at radius 2 is 1.83 bits per heavy atom. The van der Waals surface area contributed by atoms with Crippen LogP contribution in [0.5, 0.6) is 17.2 Å². The first-order chi connectivity index (χ1) is 14.5. The minimum absolute atomic E-state index is 0.124. The van der Waals surface area contributed by atoms with E-state index in [0.29, 0.717) is 47.7 Å². The van der Waals surface area contributed by atoms with Gasteiger partial charge in [-0.25, -0.2) is 4.98 Å². The summed E-state index contributed by atoms with van der Waals surface area (Å²) in [5.74, 6) is 1.86. The summed E-state index contributed by atoms with van der Waals surface area (Å²) in [7, 11) is 3.18. The van der Waals surface area contributed by atoms with Crippen LogP contribution in [0.2, 0.25) is 5.02 Å². The summed E-state index contributed by atoms with van der Waals surface area (Å²) in [6.45, 7) is 3.24. The summed E-state index contributed by atoms with van der Waals surface area (Å²) < 4.78 is 16.3. The highest BCUT2D eigenvalue weighted by Crippen LogP contribution is 2.28. The van der Waals surface area contributed by atoms with Gasteiger partial charge in [0.05, 0.1) is 14.2 Å². The fraction of sp³-hybridized carbons (Fsp3) is 0.273. The molecule has 3 rings (SSSR count). The molecule has 0 fully saturated rings. The van der Waals surface area contributed by atoms with Crippen molar-refractivity contribution in [1.29, 1.82) is 0 Å². The third-order valence-electron chi connectivity index (χ3n) is 4.44. The molecule has 0 unspecified atom stereocenters. The van der Waals surface area contributed by atoms with Gasteiger partial charge in [-0.1, -0.05) is 17.7 Å². The van der Waals surface area contributed by atoms with Gasteiger partial charge in [0.15, 0.2) is 11.5 Å². The molecule has 0 aliphatic rings. The number of halogens is 1. The molecule has 6 nitrogen and oxygen atoms in total. The molecule has 3 aromatic rings. The van der Waals surface area contributed by atoms with Gasteiger partial charge in [0, 0.05) is 23.5 Å². The van der Waals surface area contributed by atoms with Crippen molar-refractivity contribution < 1.29 is 19.0 Å². The van der Waals surface area contributed by atoms with Crippen molar-refractivity contribution in [2.75, 3.05) is 20.8 Å². The Morgan fingerprint density at radius 1 is 1.10 bits per heavy atom. The highest BCUT2D eigenvalue weighted by molar-refractivity contribution is 7.09. The molecule has 1 amide bonds. The molecule has 0 saturated heterocycles. The third-order valence-corrected chi connectivity index (χ3v) is 5.51. The second kappa shape index (κ2) is 10.3. The second-order valence-electron chi connectivity index (χ2n) is 6.38. The normalized spacial score (nSPS) is 10.5. The van der Waals surface area contributed by atoms with Crippen molar-refractivity contribution in [3.63, 3.8) is 0 Å². The minimum Gasteiger partial charge on any atom is -0.493 e. The van der Waals surface area contributed by atoms with Crippen LogP contribution in [-0.4, -0.2) is 36.6 Å². The second-order valence-corrected chi connectivity index (χ2v) is 7.76. The molecule has 0 bridgehead atoms. The topological polar surface area (TPSA) is 60.9 Å². The van der Waals surface area contributed by atoms with Gasteiger partial charge in [0.2, 0.25) is 0 Å². The summed E-state index contributed by atoms with van der Waals surface area (Å²) in [5.41, 5.74) is 1.36. The quantitative estimate of drug-likeness (QED) is 0.460. The van der Waals surface area contributed by atoms with E-state index in [2.05, 4.69) is 4.98 Å². The monoisotopic (exact) mass is 446 g/mol. The van der Waals surface area contributed by atoms with Gasteiger partial charge in [0.1, 0.15) is 23.1 Å². The Bertz CT molecular complexity index is 991. The number of rotatable bonds is 9. The number of methoxy groups -OCH3 is 2. The summed E-state index contributed by atoms with van der Waals surface area (Å²) in [5, 5.41) is 3.15. The van der Waals surface area contributed by atoms with Crippen LogP contribution in [0.15, 0.2) is 47.8 Å². The number of thiazole rings is 1. The first-order valence-electron chi connectivity index (χ1n) is 9.37. The zero-order chi connectivity index (χ0) is 21.5. The van der Waals surface area contributed by atoms with Crippen molar-refractivity contribution in [3.05, 3.63) is 69.1 Å². The Hall–Kier alpha value is -2.77. The van der Waals surface area contributed by atoms with E-state index in [1.54, 1.807) is 48.8 Å². The maximum atomic E-state index is 12.9. The predicted molar refractivity (Wildman–Crippen MR) is 118 cm³/mol. The maximum Gasteiger partial charge on any atom is 0.273 e. The number of carbonyl (C=O) groups is 1. The number of aromatic nitrogens is 1. The number of amides is 1. The zero-order valence-corrected chi connectivity index (χ0v) is 18.6. The summed E-state index contributed by atoms with van der Waals surface area (Å²) in [6, 6.07) is 12.8. The fourth-order valence-corrected chi connectivity index (χ4v) is 3.65. The van der Waals surface area contributed by atoms with Gasteiger partial charge >= 0.3 is 0 Å². The lowest BCUT2D eigenvalue weighted by molar-refractivity contribution is 0.0747. The lowest BCUT2D eigenvalue weighted by atomic mass is 10.2. The largest absolute Gasteiger partial charge is 0.493 e. The molecule has 0 N–H and O–H groups in total. The average molecular weight is 447 g/mol. The Balaban J connectivity index is 1.65. The highest BCUT2D eigenvalue weighted by Gasteiger charge is 2.19. The lowest BCUT2D eigenvalue weighted by Gasteiger charge is -2.20. The van der Waals surface area contributed by atoms with Gasteiger partial charge in [-0.05, 0) is 48.9 Å². The van der Waals surface area contributed by atoms with E-state index in [4.69, 9.17) is 25.8 Å². The van der Waals surface area contributed by atoms with Crippen molar-refractivity contribution in [2.45, 2.75) is 20.1 Å². The fourth-order valence-electron chi connectivity index (χ4n) is 2.84. The van der Waals surface area contributed by atoms with Crippen molar-refractivity contribution in [2.24, 2.45) is 0 Å². The van der Waals surface area contributed by atoms with Gasteiger partial charge in [-0.2, -0.15) is 0 Å². The van der Waals surface area contributed by atoms with Crippen LogP contribution in [0, 0.1) is 0 Å². The SMILES string of the molecule is CCN(Cc1ccc(OC)c(OC)c1)C(=O)c1csc(COc2ccc(Cl)cc2)n1. The number of carbonyl (C=O) groups excluding carboxylic acids is 1. The van der Waals surface area contributed by atoms with Crippen LogP contribution in [0.4, 0.5) is 0 Å². The molecular weight excluding hydrogens is 424 g/mol. The van der Waals surface area contributed by atoms with E-state index in [1.807, 2.05) is 25.1 Å². The molecule has 0 spiro atoms. The van der Waals surface area contributed by atoms with Gasteiger partial charge < -0.3 is 19.1 Å². The molecule has 1 aromatic heterocycles. The minimum atomic E-state index is -0.124. The summed E-state index contributed by atoms with van der Waals surface area (Å²) in [4.78, 5) is 19.1. The molecule has 0 radical (unpaired) electrons. The number of hydrogen-bond acceptors (Lipinski definition) is 6. The van der Waals surface area contributed by atoms with Crippen molar-refractivity contribution >= 4 is 28.8 Å². The first kappa shape index (κ1) is 21.9. The molecule has 0 atom stereocenters. The van der Waals surface area contributed by atoms with Crippen LogP contribution in [0.3, 0.4) is 0 Å². The van der Waals surface area contributed by atoms with Gasteiger partial charge in [0.25, 0.3) is 5.91 Å². The van der Waals surface area contributed by atoms with E-state index >= 15 is 0 Å². The molecule has 0 saturated carbocycles. The number of nitrogens with zero attached hydrogens (tertiary/aromatic N) is 2. The maximum absolute atomic E-state index is 12.9. The van der Waals surface area contributed by atoms with Crippen molar-refractivity contribution in [3.8, 4) is 17.2 Å². The third kappa shape index (κ3) is 5.43. The van der Waals surface area contributed by atoms with Crippen LogP contribution >= 0.6 is 22.9 Å². The van der Waals surface area contributed by atoms with Gasteiger partial charge in [-0.15, -0.1) is 11.3 Å². The molecule has 0 aliphatic carbocycles. The van der Waals surface area contributed by atoms with E-state index in [1.165, 1.54) is 11.3 Å². The number of benzene rings is 2. The molecule has 2 aromatic carbocycles. The van der Waals surface area contributed by atoms with Crippen LogP contribution < -0.4 is 14.2 Å². The Labute approximate surface area is 185 Å². The molecule has 1 heterocycles. The van der Waals surface area contributed by atoms with Crippen LogP contribution in [0.1, 0.15) is 28.0 Å². The van der Waals surface area contributed by atoms with Crippen LogP contribution in [-0.2, 0) is 13.2 Å². The molecule has 158 valence electrons. The molecule has 8 heteroatoms. The Morgan fingerprint density at radius 3 is 2.50 bits per heavy atom. The summed E-state index contributed by atoms with van der Waals surface area (Å²) in [6.07, 6.45) is 0. The predicted octanol–water partition coefficient (Wildman–Crippen LogP) is 5.06.